The van der Waals surface area contributed by atoms with E-state index in [-0.39, 0.29) is 0 Å². The van der Waals surface area contributed by atoms with E-state index >= 15 is 0 Å². The Balaban J connectivity index is 2.84. The summed E-state index contributed by atoms with van der Waals surface area (Å²) in [7, 11) is 1.31. The first-order valence-electron chi connectivity index (χ1n) is 4.34. The fraction of sp³-hybridized carbons (Fsp3) is 1.00. The summed E-state index contributed by atoms with van der Waals surface area (Å²) in [5.74, 6) is -1.41. The van der Waals surface area contributed by atoms with Crippen molar-refractivity contribution >= 4 is 0 Å². The zero-order valence-corrected chi connectivity index (χ0v) is 8.12. The maximum atomic E-state index is 9.54. The third-order valence-electron chi connectivity index (χ3n) is 2.56. The van der Waals surface area contributed by atoms with Crippen LogP contribution in [0.2, 0.25) is 0 Å². The first-order valence-corrected chi connectivity index (χ1v) is 4.34. The van der Waals surface area contributed by atoms with Crippen LogP contribution in [0, 0.1) is 0 Å². The molecule has 1 heterocycles. The Bertz CT molecular complexity index is 196. The first kappa shape index (κ1) is 11.8. The average Bonchev–Trinajstić information content (AvgIpc) is 2.20. The molecular weight excluding hydrogens is 192 g/mol. The molecule has 14 heavy (non-hydrogen) atoms. The molecule has 1 aliphatic rings. The van der Waals surface area contributed by atoms with Crippen LogP contribution in [0.25, 0.3) is 0 Å². The van der Waals surface area contributed by atoms with Crippen LogP contribution < -0.4 is 0 Å². The normalized spacial score (nSPS) is 49.3. The van der Waals surface area contributed by atoms with Gasteiger partial charge in [-0.05, 0) is 6.92 Å². The first-order chi connectivity index (χ1) is 6.46. The summed E-state index contributed by atoms with van der Waals surface area (Å²) >= 11 is 0. The molecule has 1 rings (SSSR count). The maximum Gasteiger partial charge on any atom is 0.194 e. The summed E-state index contributed by atoms with van der Waals surface area (Å²) in [6.45, 7) is 0.972. The minimum atomic E-state index is -1.41. The number of aliphatic hydroxyl groups excluding tert-OH is 4. The molecule has 0 aromatic heterocycles. The van der Waals surface area contributed by atoms with Gasteiger partial charge in [0.05, 0.1) is 6.61 Å². The molecule has 1 unspecified atom stereocenters. The number of ether oxygens (including phenoxy) is 2. The second-order valence-electron chi connectivity index (χ2n) is 3.48. The second-order valence-corrected chi connectivity index (χ2v) is 3.48. The number of methoxy groups -OCH3 is 1. The predicted molar refractivity (Wildman–Crippen MR) is 45.4 cm³/mol. The van der Waals surface area contributed by atoms with Crippen molar-refractivity contribution in [1.29, 1.82) is 0 Å². The predicted octanol–water partition coefficient (Wildman–Crippen LogP) is -2.18. The van der Waals surface area contributed by atoms with Crippen molar-refractivity contribution < 1.29 is 29.9 Å². The summed E-state index contributed by atoms with van der Waals surface area (Å²) in [4.78, 5) is 0. The van der Waals surface area contributed by atoms with E-state index in [0.29, 0.717) is 0 Å². The summed E-state index contributed by atoms with van der Waals surface area (Å²) in [5.41, 5.74) is 0. The highest BCUT2D eigenvalue weighted by Gasteiger charge is 2.50. The van der Waals surface area contributed by atoms with Gasteiger partial charge in [-0.2, -0.15) is 0 Å². The van der Waals surface area contributed by atoms with Gasteiger partial charge in [-0.1, -0.05) is 0 Å². The van der Waals surface area contributed by atoms with Crippen molar-refractivity contribution in [2.75, 3.05) is 13.7 Å². The minimum Gasteiger partial charge on any atom is -0.394 e. The van der Waals surface area contributed by atoms with Crippen molar-refractivity contribution in [3.05, 3.63) is 0 Å². The van der Waals surface area contributed by atoms with E-state index in [4.69, 9.17) is 14.6 Å². The van der Waals surface area contributed by atoms with Crippen LogP contribution in [0.1, 0.15) is 6.92 Å². The van der Waals surface area contributed by atoms with Crippen molar-refractivity contribution in [3.63, 3.8) is 0 Å². The lowest BCUT2D eigenvalue weighted by atomic mass is 9.93. The molecule has 1 saturated heterocycles. The quantitative estimate of drug-likeness (QED) is 0.412. The third kappa shape index (κ3) is 1.77. The van der Waals surface area contributed by atoms with Crippen LogP contribution in [0.15, 0.2) is 0 Å². The van der Waals surface area contributed by atoms with Gasteiger partial charge in [0.1, 0.15) is 24.4 Å². The smallest absolute Gasteiger partial charge is 0.194 e. The fourth-order valence-corrected chi connectivity index (χ4v) is 1.47. The van der Waals surface area contributed by atoms with Gasteiger partial charge in [-0.15, -0.1) is 0 Å². The summed E-state index contributed by atoms with van der Waals surface area (Å²) in [6.07, 6.45) is -5.03. The Morgan fingerprint density at radius 1 is 1.29 bits per heavy atom. The third-order valence-corrected chi connectivity index (χ3v) is 2.56. The van der Waals surface area contributed by atoms with E-state index in [9.17, 15) is 15.3 Å². The van der Waals surface area contributed by atoms with Crippen LogP contribution in [0.5, 0.6) is 0 Å². The van der Waals surface area contributed by atoms with Gasteiger partial charge >= 0.3 is 0 Å². The molecule has 0 aliphatic carbocycles. The number of rotatable bonds is 2. The van der Waals surface area contributed by atoms with Gasteiger partial charge < -0.3 is 29.9 Å². The highest BCUT2D eigenvalue weighted by Crippen LogP contribution is 2.29. The molecule has 1 fully saturated rings. The highest BCUT2D eigenvalue weighted by molar-refractivity contribution is 4.94. The molecule has 0 radical (unpaired) electrons. The van der Waals surface area contributed by atoms with Crippen molar-refractivity contribution in [3.8, 4) is 0 Å². The van der Waals surface area contributed by atoms with E-state index in [0.717, 1.165) is 0 Å². The van der Waals surface area contributed by atoms with Gasteiger partial charge in [-0.3, -0.25) is 0 Å². The van der Waals surface area contributed by atoms with Crippen molar-refractivity contribution in [2.24, 2.45) is 0 Å². The Morgan fingerprint density at radius 3 is 2.29 bits per heavy atom. The SMILES string of the molecule is COC1(C)O[C@H](CO)[C@@H](O)[C@H](O)[C@H]1O. The standard InChI is InChI=1S/C8H16O6/c1-8(13-2)7(12)6(11)5(10)4(3-9)14-8/h4-7,9-12H,3H2,1-2H3/t4-,5-,6+,7-,8?/m1/s1. The number of aliphatic hydroxyl groups is 4. The molecule has 5 atom stereocenters. The Morgan fingerprint density at radius 2 is 1.86 bits per heavy atom. The van der Waals surface area contributed by atoms with Crippen molar-refractivity contribution in [1.82, 2.24) is 0 Å². The fourth-order valence-electron chi connectivity index (χ4n) is 1.47. The summed E-state index contributed by atoms with van der Waals surface area (Å²) in [6, 6.07) is 0. The second kappa shape index (κ2) is 4.09. The van der Waals surface area contributed by atoms with Gasteiger partial charge in [0, 0.05) is 7.11 Å². The molecule has 0 spiro atoms. The monoisotopic (exact) mass is 208 g/mol. The van der Waals surface area contributed by atoms with E-state index in [2.05, 4.69) is 0 Å². The van der Waals surface area contributed by atoms with Crippen LogP contribution in [-0.2, 0) is 9.47 Å². The van der Waals surface area contributed by atoms with Gasteiger partial charge in [0.15, 0.2) is 5.79 Å². The highest BCUT2D eigenvalue weighted by atomic mass is 16.7. The Labute approximate surface area is 81.7 Å². The molecule has 0 bridgehead atoms. The molecule has 1 aliphatic heterocycles. The van der Waals surface area contributed by atoms with E-state index < -0.39 is 36.8 Å². The van der Waals surface area contributed by atoms with E-state index in [1.165, 1.54) is 14.0 Å². The van der Waals surface area contributed by atoms with E-state index in [1.54, 1.807) is 0 Å². The van der Waals surface area contributed by atoms with Crippen LogP contribution >= 0.6 is 0 Å². The summed E-state index contributed by atoms with van der Waals surface area (Å²) < 4.78 is 10.0. The molecule has 0 saturated carbocycles. The number of hydrogen-bond acceptors (Lipinski definition) is 6. The molecule has 0 aromatic rings. The average molecular weight is 208 g/mol. The lowest BCUT2D eigenvalue weighted by Gasteiger charge is -2.45. The topological polar surface area (TPSA) is 99.4 Å². The largest absolute Gasteiger partial charge is 0.394 e. The molecule has 6 nitrogen and oxygen atoms in total. The zero-order chi connectivity index (χ0) is 10.9. The molecule has 0 amide bonds. The van der Waals surface area contributed by atoms with Crippen molar-refractivity contribution in [2.45, 2.75) is 37.1 Å². The molecule has 6 heteroatoms. The van der Waals surface area contributed by atoms with Crippen LogP contribution in [0.3, 0.4) is 0 Å². The zero-order valence-electron chi connectivity index (χ0n) is 8.12. The van der Waals surface area contributed by atoms with Gasteiger partial charge in [0.25, 0.3) is 0 Å². The Kier molecular flexibility index (Phi) is 3.46. The van der Waals surface area contributed by atoms with Crippen LogP contribution in [0.4, 0.5) is 0 Å². The molecule has 4 N–H and O–H groups in total. The summed E-state index contributed by atoms with van der Waals surface area (Å²) in [5, 5.41) is 37.2. The Hall–Kier alpha value is -0.240. The molecule has 0 aromatic carbocycles. The number of hydrogen-bond donors (Lipinski definition) is 4. The molecular formula is C8H16O6. The van der Waals surface area contributed by atoms with Gasteiger partial charge in [0.2, 0.25) is 0 Å². The lowest BCUT2D eigenvalue weighted by molar-refractivity contribution is -0.349. The lowest BCUT2D eigenvalue weighted by Crippen LogP contribution is -2.64. The maximum absolute atomic E-state index is 9.54. The van der Waals surface area contributed by atoms with Gasteiger partial charge in [-0.25, -0.2) is 0 Å². The van der Waals surface area contributed by atoms with E-state index in [1.807, 2.05) is 0 Å². The van der Waals surface area contributed by atoms with Crippen LogP contribution in [-0.4, -0.2) is 64.3 Å². The molecule has 84 valence electrons. The minimum absolute atomic E-state index is 0.454.